The van der Waals surface area contributed by atoms with Crippen molar-refractivity contribution in [2.45, 2.75) is 64.7 Å². The summed E-state index contributed by atoms with van der Waals surface area (Å²) in [6.07, 6.45) is 29.6. The van der Waals surface area contributed by atoms with Crippen LogP contribution >= 0.6 is 0 Å². The average Bonchev–Trinajstić information content (AvgIpc) is 3.63. The zero-order valence-electron chi connectivity index (χ0n) is 21.8. The van der Waals surface area contributed by atoms with Gasteiger partial charge in [0, 0.05) is 0 Å². The molecule has 0 heterocycles. The Balaban J connectivity index is 1.18. The van der Waals surface area contributed by atoms with Gasteiger partial charge in [-0.2, -0.15) is 10.5 Å². The van der Waals surface area contributed by atoms with Gasteiger partial charge in [-0.1, -0.05) is 67.0 Å². The first-order valence-corrected chi connectivity index (χ1v) is 14.3. The highest BCUT2D eigenvalue weighted by Crippen LogP contribution is 2.58. The van der Waals surface area contributed by atoms with E-state index in [2.05, 4.69) is 67.7 Å². The number of rotatable bonds is 2. The molecule has 5 atom stereocenters. The fourth-order valence-electron chi connectivity index (χ4n) is 8.82. The molecule has 7 aliphatic rings. The molecule has 0 aromatic carbocycles. The van der Waals surface area contributed by atoms with Gasteiger partial charge < -0.3 is 0 Å². The summed E-state index contributed by atoms with van der Waals surface area (Å²) in [5, 5.41) is 19.0. The molecule has 0 aromatic heterocycles. The molecule has 5 unspecified atom stereocenters. The van der Waals surface area contributed by atoms with Gasteiger partial charge in [0.2, 0.25) is 0 Å². The summed E-state index contributed by atoms with van der Waals surface area (Å²) < 4.78 is 0. The van der Waals surface area contributed by atoms with E-state index in [-0.39, 0.29) is 0 Å². The molecular formula is C35H34N2. The smallest absolute Gasteiger partial charge is 0.133 e. The van der Waals surface area contributed by atoms with Crippen LogP contribution in [0, 0.1) is 52.3 Å². The minimum atomic E-state index is 0.305. The van der Waals surface area contributed by atoms with Gasteiger partial charge in [-0.3, -0.25) is 0 Å². The summed E-state index contributed by atoms with van der Waals surface area (Å²) in [6, 6.07) is 4.30. The molecule has 0 amide bonds. The Morgan fingerprint density at radius 2 is 1.76 bits per heavy atom. The Morgan fingerprint density at radius 1 is 0.946 bits per heavy atom. The Labute approximate surface area is 221 Å². The lowest BCUT2D eigenvalue weighted by molar-refractivity contribution is 0.228. The van der Waals surface area contributed by atoms with Gasteiger partial charge in [-0.05, 0) is 126 Å². The molecule has 7 aliphatic carbocycles. The minimum Gasteiger partial charge on any atom is -0.192 e. The summed E-state index contributed by atoms with van der Waals surface area (Å²) in [7, 11) is 0. The van der Waals surface area contributed by atoms with Gasteiger partial charge >= 0.3 is 0 Å². The number of hydrogen-bond acceptors (Lipinski definition) is 2. The highest BCUT2D eigenvalue weighted by molar-refractivity contribution is 5.71. The van der Waals surface area contributed by atoms with E-state index in [0.717, 1.165) is 42.6 Å². The van der Waals surface area contributed by atoms with Crippen molar-refractivity contribution in [1.29, 1.82) is 10.5 Å². The Bertz CT molecular complexity index is 1430. The predicted molar refractivity (Wildman–Crippen MR) is 148 cm³/mol. The zero-order chi connectivity index (χ0) is 25.1. The number of nitriles is 2. The third kappa shape index (κ3) is 3.57. The van der Waals surface area contributed by atoms with E-state index < -0.39 is 0 Å². The first-order chi connectivity index (χ1) is 18.2. The van der Waals surface area contributed by atoms with E-state index in [9.17, 15) is 10.5 Å². The molecule has 2 fully saturated rings. The lowest BCUT2D eigenvalue weighted by atomic mass is 9.62. The number of nitrogens with zero attached hydrogens (tertiary/aromatic N) is 2. The summed E-state index contributed by atoms with van der Waals surface area (Å²) >= 11 is 0. The van der Waals surface area contributed by atoms with Crippen molar-refractivity contribution in [1.82, 2.24) is 0 Å². The molecule has 0 radical (unpaired) electrons. The van der Waals surface area contributed by atoms with Crippen LogP contribution in [0.3, 0.4) is 0 Å². The van der Waals surface area contributed by atoms with Crippen molar-refractivity contribution >= 4 is 0 Å². The second kappa shape index (κ2) is 8.89. The average molecular weight is 483 g/mol. The van der Waals surface area contributed by atoms with E-state index in [4.69, 9.17) is 0 Å². The monoisotopic (exact) mass is 482 g/mol. The van der Waals surface area contributed by atoms with Crippen molar-refractivity contribution in [3.63, 3.8) is 0 Å². The largest absolute Gasteiger partial charge is 0.192 e. The van der Waals surface area contributed by atoms with E-state index in [1.807, 2.05) is 0 Å². The topological polar surface area (TPSA) is 47.6 Å². The van der Waals surface area contributed by atoms with E-state index >= 15 is 0 Å². The van der Waals surface area contributed by atoms with Crippen LogP contribution in [-0.4, -0.2) is 0 Å². The molecule has 7 rings (SSSR count). The van der Waals surface area contributed by atoms with Gasteiger partial charge in [0.15, 0.2) is 0 Å². The summed E-state index contributed by atoms with van der Waals surface area (Å²) in [6.45, 7) is 2.37. The summed E-state index contributed by atoms with van der Waals surface area (Å²) in [4.78, 5) is 0. The van der Waals surface area contributed by atoms with Gasteiger partial charge in [0.05, 0.1) is 0 Å². The van der Waals surface area contributed by atoms with Crippen LogP contribution in [0.4, 0.5) is 0 Å². The van der Waals surface area contributed by atoms with Crippen molar-refractivity contribution in [2.24, 2.45) is 29.6 Å². The molecule has 0 N–H and O–H groups in total. The van der Waals surface area contributed by atoms with E-state index in [1.165, 1.54) is 66.4 Å². The molecule has 0 aromatic rings. The lowest BCUT2D eigenvalue weighted by Gasteiger charge is -2.42. The van der Waals surface area contributed by atoms with Gasteiger partial charge in [-0.25, -0.2) is 0 Å². The lowest BCUT2D eigenvalue weighted by Crippen LogP contribution is -2.31. The van der Waals surface area contributed by atoms with Gasteiger partial charge in [0.25, 0.3) is 0 Å². The number of hydrogen-bond donors (Lipinski definition) is 0. The van der Waals surface area contributed by atoms with Crippen LogP contribution in [0.5, 0.6) is 0 Å². The summed E-state index contributed by atoms with van der Waals surface area (Å²) in [5.41, 5.74) is 13.2. The molecule has 0 saturated heterocycles. The second-order valence-electron chi connectivity index (χ2n) is 12.2. The molecule has 37 heavy (non-hydrogen) atoms. The van der Waals surface area contributed by atoms with Gasteiger partial charge in [-0.15, -0.1) is 0 Å². The molecule has 0 bridgehead atoms. The Kier molecular flexibility index (Phi) is 5.48. The van der Waals surface area contributed by atoms with Gasteiger partial charge in [0.1, 0.15) is 17.7 Å². The van der Waals surface area contributed by atoms with Crippen LogP contribution in [0.25, 0.3) is 0 Å². The second-order valence-corrected chi connectivity index (χ2v) is 12.2. The van der Waals surface area contributed by atoms with E-state index in [1.54, 1.807) is 16.7 Å². The molecule has 2 nitrogen and oxygen atoms in total. The van der Waals surface area contributed by atoms with Crippen molar-refractivity contribution in [3.8, 4) is 12.1 Å². The maximum absolute atomic E-state index is 9.50. The molecule has 2 saturated carbocycles. The molecular weight excluding hydrogens is 448 g/mol. The zero-order valence-corrected chi connectivity index (χ0v) is 21.8. The van der Waals surface area contributed by atoms with Crippen LogP contribution in [-0.2, 0) is 0 Å². The third-order valence-corrected chi connectivity index (χ3v) is 10.4. The fourth-order valence-corrected chi connectivity index (χ4v) is 8.82. The van der Waals surface area contributed by atoms with Crippen LogP contribution in [0.1, 0.15) is 64.7 Å². The Morgan fingerprint density at radius 3 is 2.59 bits per heavy atom. The predicted octanol–water partition coefficient (Wildman–Crippen LogP) is 8.45. The number of allylic oxidation sites excluding steroid dienone is 18. The van der Waals surface area contributed by atoms with Crippen LogP contribution in [0.2, 0.25) is 0 Å². The molecule has 0 spiro atoms. The van der Waals surface area contributed by atoms with Crippen molar-refractivity contribution in [2.75, 3.05) is 0 Å². The highest BCUT2D eigenvalue weighted by Gasteiger charge is 2.45. The number of fused-ring (bicyclic) bond motifs is 4. The third-order valence-electron chi connectivity index (χ3n) is 10.4. The Hall–Kier alpha value is -3.36. The molecule has 184 valence electrons. The minimum absolute atomic E-state index is 0.305. The van der Waals surface area contributed by atoms with Crippen LogP contribution in [0.15, 0.2) is 104 Å². The first-order valence-electron chi connectivity index (χ1n) is 14.3. The molecule has 2 heteroatoms. The standard InChI is InChI=1S/C35H34N2/c1-21-15-25-8-4-10-31-30-14-13-28-23(11-12-29(28)34(30)18-32(21)35(25)31)6-2-5-22-16-24-7-3-9-27(24)33(17-22)26(19-36)20-37/h2,5-6,11-12,14,17-18,24-25,27,31,35H,3-4,7-10,13,15-16H2,1H3. The SMILES string of the molecule is CC1=C2C=C3C(=CCC4=C3C=CC4=CC=CC3=CC(=C(C#N)C#N)C4CCCC4C3)C3CCCC(C1)C23. The first kappa shape index (κ1) is 22.8. The van der Waals surface area contributed by atoms with Crippen LogP contribution < -0.4 is 0 Å². The fraction of sp³-hybridized carbons (Fsp3) is 0.429. The maximum atomic E-state index is 9.50. The van der Waals surface area contributed by atoms with E-state index in [0.29, 0.717) is 17.4 Å². The maximum Gasteiger partial charge on any atom is 0.133 e. The quantitative estimate of drug-likeness (QED) is 0.371. The van der Waals surface area contributed by atoms with Crippen molar-refractivity contribution in [3.05, 3.63) is 104 Å². The normalized spacial score (nSPS) is 34.5. The van der Waals surface area contributed by atoms with Crippen molar-refractivity contribution < 1.29 is 0 Å². The summed E-state index contributed by atoms with van der Waals surface area (Å²) in [5.74, 6) is 3.34. The highest BCUT2D eigenvalue weighted by atomic mass is 14.5. The molecule has 0 aliphatic heterocycles.